The van der Waals surface area contributed by atoms with Crippen LogP contribution < -0.4 is 10.1 Å². The summed E-state index contributed by atoms with van der Waals surface area (Å²) in [7, 11) is 0.109. The van der Waals surface area contributed by atoms with Gasteiger partial charge in [-0.3, -0.25) is 9.11 Å². The van der Waals surface area contributed by atoms with Gasteiger partial charge in [0.1, 0.15) is 5.66 Å². The first-order valence-electron chi connectivity index (χ1n) is 8.55. The Hall–Kier alpha value is -0.940. The number of hydrogen-bond acceptors (Lipinski definition) is 7. The zero-order chi connectivity index (χ0) is 18.9. The van der Waals surface area contributed by atoms with Gasteiger partial charge in [-0.1, -0.05) is 11.6 Å². The van der Waals surface area contributed by atoms with E-state index in [1.165, 1.54) is 0 Å². The number of nitrogens with one attached hydrogen (secondary N) is 2. The second kappa shape index (κ2) is 9.25. The van der Waals surface area contributed by atoms with Crippen LogP contribution in [0.2, 0.25) is 0 Å². The number of morpholine rings is 1. The Morgan fingerprint density at radius 2 is 2.14 bits per heavy atom. The molecule has 2 aromatic rings. The standard InChI is InChI=1S/C17H20ClN5O3S.Na/c1-25-14-5-4-12-15(21-14)22-16(20-12)27(24)11-17(13(18)3-2-6-19-17)23-7-9-26-10-8-23;/h2-6,19H,7-11H2,1H3,(H,20,21,22);. The summed E-state index contributed by atoms with van der Waals surface area (Å²) in [4.78, 5) is 13.9. The Morgan fingerprint density at radius 1 is 1.36 bits per heavy atom. The fourth-order valence-electron chi connectivity index (χ4n) is 3.25. The van der Waals surface area contributed by atoms with Crippen molar-refractivity contribution in [2.24, 2.45) is 0 Å². The molecule has 0 spiro atoms. The molecule has 11 heteroatoms. The smallest absolute Gasteiger partial charge is 0.215 e. The molecule has 0 bridgehead atoms. The maximum absolute atomic E-state index is 13.2. The number of nitrogens with zero attached hydrogens (tertiary/aromatic N) is 3. The van der Waals surface area contributed by atoms with Crippen molar-refractivity contribution in [1.29, 1.82) is 0 Å². The molecule has 2 N–H and O–H groups in total. The largest absolute Gasteiger partial charge is 0.481 e. The van der Waals surface area contributed by atoms with Gasteiger partial charge in [0.15, 0.2) is 10.8 Å². The van der Waals surface area contributed by atoms with E-state index in [2.05, 4.69) is 25.2 Å². The molecule has 8 nitrogen and oxygen atoms in total. The zero-order valence-corrected chi connectivity index (χ0v) is 19.3. The summed E-state index contributed by atoms with van der Waals surface area (Å²) >= 11 is 6.59. The number of imidazole rings is 1. The molecule has 2 aromatic heterocycles. The topological polar surface area (TPSA) is 92.4 Å². The first kappa shape index (κ1) is 21.8. The summed E-state index contributed by atoms with van der Waals surface area (Å²) in [5.74, 6) is 0.699. The number of aromatic amines is 1. The first-order chi connectivity index (χ1) is 13.1. The van der Waals surface area contributed by atoms with E-state index in [0.29, 0.717) is 53.5 Å². The molecule has 1 saturated heterocycles. The van der Waals surface area contributed by atoms with Crippen molar-refractivity contribution in [2.75, 3.05) is 39.2 Å². The van der Waals surface area contributed by atoms with E-state index in [4.69, 9.17) is 21.1 Å². The maximum atomic E-state index is 13.2. The van der Waals surface area contributed by atoms with Crippen molar-refractivity contribution >= 4 is 63.1 Å². The number of H-pyrrole nitrogens is 1. The second-order valence-corrected chi connectivity index (χ2v) is 8.01. The Labute approximate surface area is 192 Å². The molecular formula is C17H20ClN5NaO3S. The molecule has 2 atom stereocenters. The molecule has 28 heavy (non-hydrogen) atoms. The van der Waals surface area contributed by atoms with E-state index in [9.17, 15) is 4.21 Å². The van der Waals surface area contributed by atoms with E-state index in [0.717, 1.165) is 0 Å². The predicted octanol–water partition coefficient (Wildman–Crippen LogP) is 0.961. The van der Waals surface area contributed by atoms with Crippen LogP contribution in [0.3, 0.4) is 0 Å². The van der Waals surface area contributed by atoms with E-state index in [1.54, 1.807) is 19.2 Å². The first-order valence-corrected chi connectivity index (χ1v) is 10.2. The SMILES string of the molecule is COc1ccc2[nH]c(S(=O)CC3(N4CCOCC4)NC=CC=C3Cl)nc2n1.[Na]. The van der Waals surface area contributed by atoms with Crippen LogP contribution in [0.5, 0.6) is 5.88 Å². The molecule has 4 rings (SSSR count). The van der Waals surface area contributed by atoms with E-state index in [1.807, 2.05) is 18.4 Å². The number of fused-ring (bicyclic) bond motifs is 1. The number of rotatable bonds is 5. The fourth-order valence-corrected chi connectivity index (χ4v) is 4.99. The van der Waals surface area contributed by atoms with Crippen molar-refractivity contribution in [2.45, 2.75) is 10.8 Å². The molecule has 0 saturated carbocycles. The Balaban J connectivity index is 0.00000225. The normalized spacial score (nSPS) is 23.6. The van der Waals surface area contributed by atoms with Crippen LogP contribution in [0.15, 0.2) is 40.7 Å². The van der Waals surface area contributed by atoms with Gasteiger partial charge in [0.25, 0.3) is 0 Å². The molecule has 0 aromatic carbocycles. The van der Waals surface area contributed by atoms with Gasteiger partial charge in [-0.15, -0.1) is 0 Å². The van der Waals surface area contributed by atoms with Crippen LogP contribution in [0.1, 0.15) is 0 Å². The molecule has 145 valence electrons. The van der Waals surface area contributed by atoms with Gasteiger partial charge in [-0.05, 0) is 24.4 Å². The quantitative estimate of drug-likeness (QED) is 0.680. The van der Waals surface area contributed by atoms with Crippen molar-refractivity contribution in [3.63, 3.8) is 0 Å². The van der Waals surface area contributed by atoms with Gasteiger partial charge in [-0.25, -0.2) is 4.98 Å². The molecule has 2 aliphatic rings. The van der Waals surface area contributed by atoms with Gasteiger partial charge in [-0.2, -0.15) is 4.98 Å². The number of methoxy groups -OCH3 is 1. The Kier molecular flexibility index (Phi) is 7.19. The van der Waals surface area contributed by atoms with Crippen LogP contribution >= 0.6 is 11.6 Å². The van der Waals surface area contributed by atoms with Gasteiger partial charge in [0.2, 0.25) is 5.88 Å². The molecule has 0 aliphatic carbocycles. The molecule has 2 unspecified atom stereocenters. The summed E-state index contributed by atoms with van der Waals surface area (Å²) in [6, 6.07) is 3.54. The van der Waals surface area contributed by atoms with E-state index < -0.39 is 16.5 Å². The number of dihydropyridines is 1. The van der Waals surface area contributed by atoms with Gasteiger partial charge >= 0.3 is 0 Å². The third kappa shape index (κ3) is 4.16. The van der Waals surface area contributed by atoms with Crippen molar-refractivity contribution in [3.8, 4) is 5.88 Å². The van der Waals surface area contributed by atoms with Crippen LogP contribution in [0, 0.1) is 0 Å². The fraction of sp³-hybridized carbons (Fsp3) is 0.412. The van der Waals surface area contributed by atoms with E-state index >= 15 is 0 Å². The molecule has 4 heterocycles. The zero-order valence-electron chi connectivity index (χ0n) is 15.8. The predicted molar refractivity (Wildman–Crippen MR) is 109 cm³/mol. The van der Waals surface area contributed by atoms with Gasteiger partial charge in [0.05, 0.1) is 47.4 Å². The molecular weight excluding hydrogens is 413 g/mol. The van der Waals surface area contributed by atoms with Crippen LogP contribution in [0.4, 0.5) is 0 Å². The number of hydrogen-bond donors (Lipinski definition) is 2. The summed E-state index contributed by atoms with van der Waals surface area (Å²) in [6.07, 6.45) is 5.49. The van der Waals surface area contributed by atoms with Gasteiger partial charge in [0, 0.05) is 48.7 Å². The molecule has 1 fully saturated rings. The Morgan fingerprint density at radius 3 is 2.86 bits per heavy atom. The van der Waals surface area contributed by atoms with Gasteiger partial charge < -0.3 is 19.8 Å². The number of ether oxygens (including phenoxy) is 2. The number of halogens is 1. The van der Waals surface area contributed by atoms with E-state index in [-0.39, 0.29) is 35.3 Å². The minimum atomic E-state index is -1.44. The minimum absolute atomic E-state index is 0. The van der Waals surface area contributed by atoms with Crippen molar-refractivity contribution < 1.29 is 13.7 Å². The average Bonchev–Trinajstić information content (AvgIpc) is 3.14. The number of pyridine rings is 1. The Bertz CT molecular complexity index is 931. The van der Waals surface area contributed by atoms with Crippen molar-refractivity contribution in [3.05, 3.63) is 35.5 Å². The summed E-state index contributed by atoms with van der Waals surface area (Å²) in [5.41, 5.74) is 0.420. The monoisotopic (exact) mass is 432 g/mol. The third-order valence-corrected chi connectivity index (χ3v) is 6.41. The minimum Gasteiger partial charge on any atom is -0.481 e. The number of allylic oxidation sites excluding steroid dienone is 2. The molecule has 0 amide bonds. The summed E-state index contributed by atoms with van der Waals surface area (Å²) in [5, 5.41) is 4.28. The maximum Gasteiger partial charge on any atom is 0.215 e. The van der Waals surface area contributed by atoms with Crippen LogP contribution in [-0.4, -0.2) is 98.4 Å². The average molecular weight is 433 g/mol. The molecule has 2 aliphatic heterocycles. The number of aromatic nitrogens is 3. The molecule has 1 radical (unpaired) electrons. The van der Waals surface area contributed by atoms with Crippen LogP contribution in [0.25, 0.3) is 11.2 Å². The van der Waals surface area contributed by atoms with Crippen LogP contribution in [-0.2, 0) is 15.5 Å². The summed E-state index contributed by atoms with van der Waals surface area (Å²) in [6.45, 7) is 2.61. The second-order valence-electron chi connectivity index (χ2n) is 6.23. The summed E-state index contributed by atoms with van der Waals surface area (Å²) < 4.78 is 23.8. The van der Waals surface area contributed by atoms with Crippen molar-refractivity contribution in [1.82, 2.24) is 25.2 Å². The third-order valence-electron chi connectivity index (χ3n) is 4.67.